The SMILES string of the molecule is C/C=C\C=C1\N(CCC)c2ccccc2C1(C)C. The highest BCUT2D eigenvalue weighted by atomic mass is 15.2. The summed E-state index contributed by atoms with van der Waals surface area (Å²) in [5, 5.41) is 0. The van der Waals surface area contributed by atoms with Crippen LogP contribution in [0.5, 0.6) is 0 Å². The van der Waals surface area contributed by atoms with Crippen molar-refractivity contribution in [2.75, 3.05) is 11.4 Å². The van der Waals surface area contributed by atoms with Crippen LogP contribution in [0, 0.1) is 0 Å². The van der Waals surface area contributed by atoms with Gasteiger partial charge in [0, 0.05) is 23.3 Å². The Bertz CT molecular complexity index is 480. The summed E-state index contributed by atoms with van der Waals surface area (Å²) in [7, 11) is 0. The third-order valence-electron chi connectivity index (χ3n) is 3.69. The normalized spacial score (nSPS) is 19.8. The van der Waals surface area contributed by atoms with Gasteiger partial charge in [0.05, 0.1) is 0 Å². The number of nitrogens with zero attached hydrogens (tertiary/aromatic N) is 1. The third-order valence-corrected chi connectivity index (χ3v) is 3.69. The van der Waals surface area contributed by atoms with E-state index in [-0.39, 0.29) is 5.41 Å². The Kier molecular flexibility index (Phi) is 3.60. The van der Waals surface area contributed by atoms with Crippen LogP contribution in [0.15, 0.2) is 48.2 Å². The Labute approximate surface area is 111 Å². The van der Waals surface area contributed by atoms with Gasteiger partial charge in [0.2, 0.25) is 0 Å². The first-order chi connectivity index (χ1) is 8.62. The molecule has 1 heteroatoms. The number of hydrogen-bond donors (Lipinski definition) is 0. The fourth-order valence-corrected chi connectivity index (χ4v) is 2.79. The Morgan fingerprint density at radius 1 is 1.22 bits per heavy atom. The molecule has 0 fully saturated rings. The topological polar surface area (TPSA) is 3.24 Å². The highest BCUT2D eigenvalue weighted by Crippen LogP contribution is 2.47. The van der Waals surface area contributed by atoms with Crippen LogP contribution >= 0.6 is 0 Å². The first-order valence-corrected chi connectivity index (χ1v) is 6.83. The number of anilines is 1. The van der Waals surface area contributed by atoms with Crippen molar-refractivity contribution in [1.29, 1.82) is 0 Å². The molecule has 1 nitrogen and oxygen atoms in total. The molecule has 1 aromatic rings. The Balaban J connectivity index is 2.55. The summed E-state index contributed by atoms with van der Waals surface area (Å²) >= 11 is 0. The monoisotopic (exact) mass is 241 g/mol. The van der Waals surface area contributed by atoms with E-state index in [1.807, 2.05) is 0 Å². The Morgan fingerprint density at radius 2 is 1.94 bits per heavy atom. The molecule has 0 spiro atoms. The van der Waals surface area contributed by atoms with Crippen LogP contribution in [0.4, 0.5) is 5.69 Å². The molecule has 1 aromatic carbocycles. The molecule has 0 saturated heterocycles. The predicted octanol–water partition coefficient (Wildman–Crippen LogP) is 4.65. The number of para-hydroxylation sites is 1. The van der Waals surface area contributed by atoms with Gasteiger partial charge in [0.15, 0.2) is 0 Å². The number of fused-ring (bicyclic) bond motifs is 1. The number of allylic oxidation sites excluding steroid dienone is 4. The molecule has 1 aliphatic rings. The second-order valence-electron chi connectivity index (χ2n) is 5.37. The number of hydrogen-bond acceptors (Lipinski definition) is 1. The minimum atomic E-state index is 0.102. The summed E-state index contributed by atoms with van der Waals surface area (Å²) in [5.74, 6) is 0. The standard InChI is InChI=1S/C17H23N/c1-5-7-12-16-17(3,4)14-10-8-9-11-15(14)18(16)13-6-2/h5,7-12H,6,13H2,1-4H3/b7-5-,16-12+. The molecule has 0 amide bonds. The van der Waals surface area contributed by atoms with Gasteiger partial charge in [-0.15, -0.1) is 0 Å². The number of benzene rings is 1. The molecule has 0 N–H and O–H groups in total. The summed E-state index contributed by atoms with van der Waals surface area (Å²) in [6.07, 6.45) is 7.66. The highest BCUT2D eigenvalue weighted by Gasteiger charge is 2.38. The van der Waals surface area contributed by atoms with E-state index in [2.05, 4.69) is 75.1 Å². The average molecular weight is 241 g/mol. The molecule has 0 saturated carbocycles. The van der Waals surface area contributed by atoms with Gasteiger partial charge in [-0.2, -0.15) is 0 Å². The van der Waals surface area contributed by atoms with E-state index < -0.39 is 0 Å². The van der Waals surface area contributed by atoms with Crippen molar-refractivity contribution in [1.82, 2.24) is 0 Å². The Hall–Kier alpha value is -1.50. The maximum absolute atomic E-state index is 2.47. The first-order valence-electron chi connectivity index (χ1n) is 6.83. The van der Waals surface area contributed by atoms with Crippen LogP contribution in [0.25, 0.3) is 0 Å². The van der Waals surface area contributed by atoms with Crippen molar-refractivity contribution < 1.29 is 0 Å². The average Bonchev–Trinajstić information content (AvgIpc) is 2.57. The lowest BCUT2D eigenvalue weighted by molar-refractivity contribution is 0.629. The van der Waals surface area contributed by atoms with Gasteiger partial charge in [0.1, 0.15) is 0 Å². The van der Waals surface area contributed by atoms with E-state index in [0.717, 1.165) is 13.0 Å². The van der Waals surface area contributed by atoms with E-state index in [4.69, 9.17) is 0 Å². The Morgan fingerprint density at radius 3 is 2.61 bits per heavy atom. The van der Waals surface area contributed by atoms with Crippen molar-refractivity contribution in [2.24, 2.45) is 0 Å². The van der Waals surface area contributed by atoms with Crippen LogP contribution in [0.1, 0.15) is 39.7 Å². The lowest BCUT2D eigenvalue weighted by atomic mass is 9.84. The fourth-order valence-electron chi connectivity index (χ4n) is 2.79. The zero-order valence-electron chi connectivity index (χ0n) is 11.9. The highest BCUT2D eigenvalue weighted by molar-refractivity contribution is 5.70. The molecule has 1 heterocycles. The van der Waals surface area contributed by atoms with Gasteiger partial charge in [-0.1, -0.05) is 51.1 Å². The van der Waals surface area contributed by atoms with E-state index in [1.54, 1.807) is 0 Å². The minimum absolute atomic E-state index is 0.102. The van der Waals surface area contributed by atoms with Crippen LogP contribution < -0.4 is 4.90 Å². The maximum atomic E-state index is 2.47. The van der Waals surface area contributed by atoms with Gasteiger partial charge >= 0.3 is 0 Å². The smallest absolute Gasteiger partial charge is 0.0450 e. The summed E-state index contributed by atoms with van der Waals surface area (Å²) in [4.78, 5) is 2.47. The molecular formula is C17H23N. The molecule has 1 aliphatic heterocycles. The zero-order chi connectivity index (χ0) is 13.2. The van der Waals surface area contributed by atoms with Crippen LogP contribution in [0.2, 0.25) is 0 Å². The molecule has 0 aromatic heterocycles. The molecular weight excluding hydrogens is 218 g/mol. The quantitative estimate of drug-likeness (QED) is 0.744. The predicted molar refractivity (Wildman–Crippen MR) is 80.0 cm³/mol. The summed E-state index contributed by atoms with van der Waals surface area (Å²) in [6, 6.07) is 8.78. The van der Waals surface area contributed by atoms with Crippen LogP contribution in [0.3, 0.4) is 0 Å². The second kappa shape index (κ2) is 5.01. The fraction of sp³-hybridized carbons (Fsp3) is 0.412. The largest absolute Gasteiger partial charge is 0.344 e. The lowest BCUT2D eigenvalue weighted by Gasteiger charge is -2.26. The molecule has 0 atom stereocenters. The van der Waals surface area contributed by atoms with Crippen molar-refractivity contribution in [3.63, 3.8) is 0 Å². The molecule has 0 radical (unpaired) electrons. The van der Waals surface area contributed by atoms with Crippen molar-refractivity contribution in [2.45, 2.75) is 39.5 Å². The summed E-state index contributed by atoms with van der Waals surface area (Å²) in [5.41, 5.74) is 4.32. The van der Waals surface area contributed by atoms with E-state index in [0.29, 0.717) is 0 Å². The zero-order valence-corrected chi connectivity index (χ0v) is 11.9. The summed E-state index contributed by atoms with van der Waals surface area (Å²) < 4.78 is 0. The van der Waals surface area contributed by atoms with Crippen molar-refractivity contribution >= 4 is 5.69 Å². The van der Waals surface area contributed by atoms with Crippen molar-refractivity contribution in [3.05, 3.63) is 53.8 Å². The lowest BCUT2D eigenvalue weighted by Crippen LogP contribution is -2.26. The molecule has 96 valence electrons. The molecule has 2 rings (SSSR count). The van der Waals surface area contributed by atoms with Gasteiger partial charge < -0.3 is 4.90 Å². The molecule has 18 heavy (non-hydrogen) atoms. The van der Waals surface area contributed by atoms with Gasteiger partial charge in [-0.25, -0.2) is 0 Å². The van der Waals surface area contributed by atoms with Gasteiger partial charge in [0.25, 0.3) is 0 Å². The van der Waals surface area contributed by atoms with E-state index in [9.17, 15) is 0 Å². The first kappa shape index (κ1) is 12.9. The minimum Gasteiger partial charge on any atom is -0.344 e. The third kappa shape index (κ3) is 1.98. The molecule has 0 bridgehead atoms. The van der Waals surface area contributed by atoms with Crippen LogP contribution in [-0.4, -0.2) is 6.54 Å². The van der Waals surface area contributed by atoms with E-state index >= 15 is 0 Å². The number of rotatable bonds is 3. The van der Waals surface area contributed by atoms with Crippen molar-refractivity contribution in [3.8, 4) is 0 Å². The second-order valence-corrected chi connectivity index (χ2v) is 5.37. The van der Waals surface area contributed by atoms with Gasteiger partial charge in [-0.05, 0) is 31.1 Å². The maximum Gasteiger partial charge on any atom is 0.0450 e. The summed E-state index contributed by atoms with van der Waals surface area (Å²) in [6.45, 7) is 10.0. The van der Waals surface area contributed by atoms with E-state index in [1.165, 1.54) is 16.9 Å². The molecule has 0 unspecified atom stereocenters. The van der Waals surface area contributed by atoms with Gasteiger partial charge in [-0.3, -0.25) is 0 Å². The molecule has 0 aliphatic carbocycles. The van der Waals surface area contributed by atoms with Crippen LogP contribution in [-0.2, 0) is 5.41 Å².